The molecule has 0 nitrogen and oxygen atoms in total. The van der Waals surface area contributed by atoms with Gasteiger partial charge < -0.3 is 0 Å². The van der Waals surface area contributed by atoms with Gasteiger partial charge >= 0.3 is 0 Å². The molecular weight excluding hydrogens is 319 g/mol. The third kappa shape index (κ3) is 3.46. The first-order chi connectivity index (χ1) is 12.3. The van der Waals surface area contributed by atoms with Crippen LogP contribution in [0.4, 0.5) is 0 Å². The minimum absolute atomic E-state index is 0.381. The van der Waals surface area contributed by atoms with Crippen LogP contribution in [0.5, 0.6) is 0 Å². The van der Waals surface area contributed by atoms with E-state index in [0.717, 1.165) is 6.16 Å². The van der Waals surface area contributed by atoms with Crippen LogP contribution in [-0.2, 0) is 0 Å². The maximum atomic E-state index is 4.22. The van der Waals surface area contributed by atoms with E-state index in [1.165, 1.54) is 21.7 Å². The standard InChI is InChI=1S/C24H22P/c1-2-25(23-15-11-21(12-16-23)19-7-3-4-8-19)24-17-13-22(14-18-24)20-9-5-6-10-20/h3-20H,1-2H2. The van der Waals surface area contributed by atoms with Gasteiger partial charge in [0.1, 0.15) is 0 Å². The highest BCUT2D eigenvalue weighted by atomic mass is 31.1. The smallest absolute Gasteiger partial charge is 0.0204 e. The molecule has 0 spiro atoms. The predicted octanol–water partition coefficient (Wildman–Crippen LogP) is 5.37. The van der Waals surface area contributed by atoms with Crippen LogP contribution in [-0.4, -0.2) is 6.16 Å². The molecule has 0 N–H and O–H groups in total. The molecule has 0 saturated carbocycles. The van der Waals surface area contributed by atoms with Gasteiger partial charge in [0, 0.05) is 11.8 Å². The van der Waals surface area contributed by atoms with E-state index in [1.54, 1.807) is 0 Å². The first kappa shape index (κ1) is 16.3. The van der Waals surface area contributed by atoms with Crippen molar-refractivity contribution in [2.75, 3.05) is 6.16 Å². The highest BCUT2D eigenvalue weighted by molar-refractivity contribution is 7.73. The van der Waals surface area contributed by atoms with Gasteiger partial charge in [-0.05, 0) is 42.7 Å². The highest BCUT2D eigenvalue weighted by Crippen LogP contribution is 2.34. The fourth-order valence-corrected chi connectivity index (χ4v) is 5.30. The summed E-state index contributed by atoms with van der Waals surface area (Å²) in [6.07, 6.45) is 18.4. The van der Waals surface area contributed by atoms with Gasteiger partial charge in [-0.1, -0.05) is 97.1 Å². The Kier molecular flexibility index (Phi) is 4.81. The van der Waals surface area contributed by atoms with E-state index in [-0.39, 0.29) is 7.92 Å². The molecule has 1 heteroatoms. The first-order valence-electron chi connectivity index (χ1n) is 8.82. The van der Waals surface area contributed by atoms with Crippen molar-refractivity contribution < 1.29 is 0 Å². The van der Waals surface area contributed by atoms with Crippen molar-refractivity contribution in [3.8, 4) is 0 Å². The van der Waals surface area contributed by atoms with Crippen molar-refractivity contribution in [1.82, 2.24) is 0 Å². The molecule has 4 rings (SSSR count). The van der Waals surface area contributed by atoms with Crippen LogP contribution in [0.1, 0.15) is 23.0 Å². The topological polar surface area (TPSA) is 0 Å². The Bertz CT molecular complexity index is 739. The molecule has 0 atom stereocenters. The summed E-state index contributed by atoms with van der Waals surface area (Å²) in [5.41, 5.74) is 2.73. The van der Waals surface area contributed by atoms with E-state index in [1.807, 2.05) is 0 Å². The van der Waals surface area contributed by atoms with Gasteiger partial charge in [0.25, 0.3) is 0 Å². The van der Waals surface area contributed by atoms with E-state index < -0.39 is 0 Å². The quantitative estimate of drug-likeness (QED) is 0.641. The monoisotopic (exact) mass is 341 g/mol. The maximum absolute atomic E-state index is 4.22. The Hall–Kier alpha value is -2.17. The number of hydrogen-bond donors (Lipinski definition) is 0. The molecule has 2 aliphatic carbocycles. The van der Waals surface area contributed by atoms with Crippen LogP contribution < -0.4 is 10.6 Å². The number of rotatable bonds is 5. The zero-order valence-electron chi connectivity index (χ0n) is 14.3. The fraction of sp³-hybridized carbons (Fsp3) is 0.125. The maximum Gasteiger partial charge on any atom is 0.0204 e. The lowest BCUT2D eigenvalue weighted by molar-refractivity contribution is 1.11. The van der Waals surface area contributed by atoms with Crippen molar-refractivity contribution in [3.05, 3.63) is 115 Å². The zero-order valence-corrected chi connectivity index (χ0v) is 15.1. The summed E-state index contributed by atoms with van der Waals surface area (Å²) >= 11 is 0. The van der Waals surface area contributed by atoms with Crippen LogP contribution in [0.15, 0.2) is 97.1 Å². The van der Waals surface area contributed by atoms with Crippen molar-refractivity contribution in [3.63, 3.8) is 0 Å². The second-order valence-electron chi connectivity index (χ2n) is 6.43. The molecule has 123 valence electrons. The predicted molar refractivity (Wildman–Crippen MR) is 111 cm³/mol. The molecule has 2 aromatic rings. The van der Waals surface area contributed by atoms with Gasteiger partial charge in [-0.15, -0.1) is 0 Å². The van der Waals surface area contributed by atoms with E-state index in [4.69, 9.17) is 0 Å². The van der Waals surface area contributed by atoms with Crippen LogP contribution >= 0.6 is 7.92 Å². The Balaban J connectivity index is 1.55. The van der Waals surface area contributed by atoms with Crippen LogP contribution in [0.25, 0.3) is 0 Å². The molecule has 0 bridgehead atoms. The van der Waals surface area contributed by atoms with E-state index in [9.17, 15) is 0 Å². The number of hydrogen-bond acceptors (Lipinski definition) is 0. The average Bonchev–Trinajstić information content (AvgIpc) is 3.38. The largest absolute Gasteiger partial charge is 0.0732 e. The molecule has 25 heavy (non-hydrogen) atoms. The number of benzene rings is 2. The Morgan fingerprint density at radius 1 is 0.600 bits per heavy atom. The molecule has 0 fully saturated rings. The van der Waals surface area contributed by atoms with Crippen molar-refractivity contribution in [2.24, 2.45) is 0 Å². The lowest BCUT2D eigenvalue weighted by atomic mass is 10.0. The SMILES string of the molecule is [CH2]CP(c1ccc(C2C=CC=C2)cc1)c1ccc(C2C=CC=C2)cc1. The average molecular weight is 341 g/mol. The molecule has 0 aliphatic heterocycles. The van der Waals surface area contributed by atoms with Gasteiger partial charge in [-0.25, -0.2) is 0 Å². The van der Waals surface area contributed by atoms with E-state index >= 15 is 0 Å². The number of allylic oxidation sites excluding steroid dienone is 8. The molecule has 0 heterocycles. The third-order valence-electron chi connectivity index (χ3n) is 4.90. The molecule has 2 aliphatic rings. The van der Waals surface area contributed by atoms with Crippen molar-refractivity contribution in [2.45, 2.75) is 11.8 Å². The molecule has 0 saturated heterocycles. The zero-order chi connectivity index (χ0) is 17.1. The Morgan fingerprint density at radius 2 is 0.960 bits per heavy atom. The normalized spacial score (nSPS) is 16.6. The van der Waals surface area contributed by atoms with Crippen LogP contribution in [0.2, 0.25) is 0 Å². The highest BCUT2D eigenvalue weighted by Gasteiger charge is 2.14. The summed E-state index contributed by atoms with van der Waals surface area (Å²) in [7, 11) is -0.381. The van der Waals surface area contributed by atoms with Crippen molar-refractivity contribution >= 4 is 18.5 Å². The fourth-order valence-electron chi connectivity index (χ4n) is 3.47. The van der Waals surface area contributed by atoms with E-state index in [2.05, 4.69) is 104 Å². The summed E-state index contributed by atoms with van der Waals surface area (Å²) in [5, 5.41) is 2.82. The molecule has 0 unspecified atom stereocenters. The van der Waals surface area contributed by atoms with Gasteiger partial charge in [0.15, 0.2) is 0 Å². The van der Waals surface area contributed by atoms with Gasteiger partial charge in [-0.2, -0.15) is 0 Å². The van der Waals surface area contributed by atoms with Crippen LogP contribution in [0.3, 0.4) is 0 Å². The van der Waals surface area contributed by atoms with Gasteiger partial charge in [0.05, 0.1) is 0 Å². The van der Waals surface area contributed by atoms with Crippen LogP contribution in [0, 0.1) is 6.92 Å². The lowest BCUT2D eigenvalue weighted by Crippen LogP contribution is -2.14. The summed E-state index contributed by atoms with van der Waals surface area (Å²) in [5.74, 6) is 0.874. The third-order valence-corrected chi connectivity index (χ3v) is 7.19. The summed E-state index contributed by atoms with van der Waals surface area (Å²) < 4.78 is 0. The lowest BCUT2D eigenvalue weighted by Gasteiger charge is -2.18. The van der Waals surface area contributed by atoms with Gasteiger partial charge in [0.2, 0.25) is 0 Å². The van der Waals surface area contributed by atoms with Crippen molar-refractivity contribution in [1.29, 1.82) is 0 Å². The Labute approximate surface area is 152 Å². The molecular formula is C24H22P. The summed E-state index contributed by atoms with van der Waals surface area (Å²) in [6.45, 7) is 4.22. The second-order valence-corrected chi connectivity index (χ2v) is 8.76. The molecule has 0 amide bonds. The minimum Gasteiger partial charge on any atom is -0.0732 e. The van der Waals surface area contributed by atoms with E-state index in [0.29, 0.717) is 11.8 Å². The minimum atomic E-state index is -0.381. The van der Waals surface area contributed by atoms with Gasteiger partial charge in [-0.3, -0.25) is 0 Å². The molecule has 1 radical (unpaired) electrons. The first-order valence-corrected chi connectivity index (χ1v) is 10.3. The molecule has 2 aromatic carbocycles. The summed E-state index contributed by atoms with van der Waals surface area (Å²) in [4.78, 5) is 0. The Morgan fingerprint density at radius 3 is 1.28 bits per heavy atom. The summed E-state index contributed by atoms with van der Waals surface area (Å²) in [6, 6.07) is 18.3. The second kappa shape index (κ2) is 7.38. The molecule has 0 aromatic heterocycles.